The monoisotopic (exact) mass is 269 g/mol. The molecule has 2 fully saturated rings. The lowest BCUT2D eigenvalue weighted by Crippen LogP contribution is -2.37. The van der Waals surface area contributed by atoms with Gasteiger partial charge in [-0.3, -0.25) is 14.5 Å². The number of rotatable bonds is 3. The summed E-state index contributed by atoms with van der Waals surface area (Å²) in [4.78, 5) is 30.3. The summed E-state index contributed by atoms with van der Waals surface area (Å²) in [6, 6.07) is 5.50. The summed E-state index contributed by atoms with van der Waals surface area (Å²) in [5, 5.41) is 3.04. The second-order valence-electron chi connectivity index (χ2n) is 5.65. The first kappa shape index (κ1) is 11.6. The molecule has 1 aromatic rings. The lowest BCUT2D eigenvalue weighted by atomic mass is 9.85. The van der Waals surface area contributed by atoms with Crippen molar-refractivity contribution >= 4 is 17.6 Å². The van der Waals surface area contributed by atoms with Crippen molar-refractivity contribution in [3.8, 4) is 0 Å². The molecule has 2 aliphatic carbocycles. The molecule has 1 N–H and O–H groups in total. The minimum Gasteiger partial charge on any atom is -0.352 e. The number of amides is 2. The number of nitrogens with one attached hydrogen (secondary N) is 1. The summed E-state index contributed by atoms with van der Waals surface area (Å²) in [7, 11) is 0. The van der Waals surface area contributed by atoms with Gasteiger partial charge in [-0.2, -0.15) is 0 Å². The normalized spacial score (nSPS) is 33.9. The van der Waals surface area contributed by atoms with Crippen LogP contribution in [-0.4, -0.2) is 28.4 Å². The fraction of sp³-hybridized carbons (Fsp3) is 0.400. The second-order valence-corrected chi connectivity index (χ2v) is 5.65. The first-order valence-corrected chi connectivity index (χ1v) is 6.94. The largest absolute Gasteiger partial charge is 0.352 e. The number of allylic oxidation sites excluding steroid dienone is 2. The Bertz CT molecular complexity index is 568. The van der Waals surface area contributed by atoms with E-state index in [1.54, 1.807) is 6.20 Å². The average Bonchev–Trinajstić information content (AvgIpc) is 3.13. The van der Waals surface area contributed by atoms with E-state index in [1.807, 2.05) is 18.2 Å². The van der Waals surface area contributed by atoms with Gasteiger partial charge in [0.15, 0.2) is 0 Å². The number of carbonyl (C=O) groups excluding carboxylic acids is 2. The van der Waals surface area contributed by atoms with Crippen molar-refractivity contribution in [1.29, 1.82) is 0 Å². The van der Waals surface area contributed by atoms with Gasteiger partial charge in [-0.25, -0.2) is 4.98 Å². The molecule has 5 heteroatoms. The van der Waals surface area contributed by atoms with Crippen molar-refractivity contribution in [3.63, 3.8) is 0 Å². The Kier molecular flexibility index (Phi) is 2.42. The number of carbonyl (C=O) groups is 2. The van der Waals surface area contributed by atoms with Gasteiger partial charge in [-0.05, 0) is 30.4 Å². The van der Waals surface area contributed by atoms with Gasteiger partial charge in [0.1, 0.15) is 5.82 Å². The molecule has 0 unspecified atom stereocenters. The van der Waals surface area contributed by atoms with Crippen LogP contribution in [0.25, 0.3) is 0 Å². The van der Waals surface area contributed by atoms with Crippen LogP contribution in [0.2, 0.25) is 0 Å². The van der Waals surface area contributed by atoms with E-state index in [1.165, 1.54) is 4.90 Å². The molecule has 3 aliphatic rings. The third-order valence-electron chi connectivity index (χ3n) is 4.64. The zero-order valence-corrected chi connectivity index (χ0v) is 10.9. The van der Waals surface area contributed by atoms with Crippen LogP contribution < -0.4 is 5.32 Å². The number of hydrogen-bond donors (Lipinski definition) is 1. The number of nitrogens with zero attached hydrogens (tertiary/aromatic N) is 2. The molecular formula is C15H15N3O2. The van der Waals surface area contributed by atoms with Crippen LogP contribution >= 0.6 is 0 Å². The molecule has 4 rings (SSSR count). The number of imide groups is 1. The summed E-state index contributed by atoms with van der Waals surface area (Å²) in [6.45, 7) is 0.209. The van der Waals surface area contributed by atoms with Crippen LogP contribution in [-0.2, 0) is 9.59 Å². The summed E-state index contributed by atoms with van der Waals surface area (Å²) in [6.07, 6.45) is 6.85. The van der Waals surface area contributed by atoms with Crippen molar-refractivity contribution in [1.82, 2.24) is 9.88 Å². The maximum atomic E-state index is 12.4. The van der Waals surface area contributed by atoms with Gasteiger partial charge in [-0.1, -0.05) is 18.2 Å². The van der Waals surface area contributed by atoms with Gasteiger partial charge in [0.25, 0.3) is 0 Å². The number of aromatic nitrogens is 1. The van der Waals surface area contributed by atoms with Gasteiger partial charge in [0.2, 0.25) is 11.8 Å². The Morgan fingerprint density at radius 2 is 1.85 bits per heavy atom. The maximum Gasteiger partial charge on any atom is 0.235 e. The highest BCUT2D eigenvalue weighted by atomic mass is 16.2. The first-order valence-electron chi connectivity index (χ1n) is 6.94. The predicted molar refractivity (Wildman–Crippen MR) is 72.3 cm³/mol. The van der Waals surface area contributed by atoms with Gasteiger partial charge in [0, 0.05) is 6.20 Å². The molecule has 4 atom stereocenters. The van der Waals surface area contributed by atoms with E-state index in [9.17, 15) is 9.59 Å². The summed E-state index contributed by atoms with van der Waals surface area (Å²) < 4.78 is 0. The zero-order valence-electron chi connectivity index (χ0n) is 10.9. The Labute approximate surface area is 116 Å². The molecule has 2 heterocycles. The van der Waals surface area contributed by atoms with Crippen LogP contribution in [0.15, 0.2) is 36.5 Å². The molecule has 20 heavy (non-hydrogen) atoms. The average molecular weight is 269 g/mol. The number of fused-ring (bicyclic) bond motifs is 5. The van der Waals surface area contributed by atoms with E-state index < -0.39 is 0 Å². The molecule has 1 saturated carbocycles. The zero-order chi connectivity index (χ0) is 13.7. The van der Waals surface area contributed by atoms with E-state index in [-0.39, 0.29) is 42.2 Å². The quantitative estimate of drug-likeness (QED) is 0.663. The minimum absolute atomic E-state index is 0.0275. The summed E-state index contributed by atoms with van der Waals surface area (Å²) in [5.41, 5.74) is 0. The minimum atomic E-state index is -0.122. The number of likely N-dealkylation sites (tertiary alicyclic amines) is 1. The Morgan fingerprint density at radius 3 is 2.45 bits per heavy atom. The van der Waals surface area contributed by atoms with E-state index >= 15 is 0 Å². The molecule has 0 spiro atoms. The van der Waals surface area contributed by atoms with Gasteiger partial charge in [-0.15, -0.1) is 0 Å². The molecule has 102 valence electrons. The highest BCUT2D eigenvalue weighted by Gasteiger charge is 2.59. The predicted octanol–water partition coefficient (Wildman–Crippen LogP) is 1.26. The number of pyridine rings is 1. The van der Waals surface area contributed by atoms with Crippen molar-refractivity contribution in [3.05, 3.63) is 36.5 Å². The molecule has 0 radical (unpaired) electrons. The molecule has 5 nitrogen and oxygen atoms in total. The van der Waals surface area contributed by atoms with E-state index in [2.05, 4.69) is 22.5 Å². The fourth-order valence-electron chi connectivity index (χ4n) is 3.75. The molecule has 1 aromatic heterocycles. The lowest BCUT2D eigenvalue weighted by Gasteiger charge is -2.17. The summed E-state index contributed by atoms with van der Waals surface area (Å²) in [5.74, 6) is 0.903. The van der Waals surface area contributed by atoms with E-state index in [0.717, 1.165) is 6.42 Å². The van der Waals surface area contributed by atoms with Crippen molar-refractivity contribution in [2.45, 2.75) is 6.42 Å². The van der Waals surface area contributed by atoms with Gasteiger partial charge >= 0.3 is 0 Å². The molecule has 2 bridgehead atoms. The highest BCUT2D eigenvalue weighted by molar-refractivity contribution is 6.06. The topological polar surface area (TPSA) is 62.3 Å². The number of anilines is 1. The SMILES string of the molecule is O=C1[C@@H]2[C@@H](C(=O)N1CNc1ccccn1)[C@H]1C=C[C@H]2C1. The third kappa shape index (κ3) is 1.52. The van der Waals surface area contributed by atoms with E-state index in [4.69, 9.17) is 0 Å². The van der Waals surface area contributed by atoms with Crippen LogP contribution in [0.5, 0.6) is 0 Å². The first-order chi connectivity index (χ1) is 9.75. The van der Waals surface area contributed by atoms with Crippen molar-refractivity contribution in [2.24, 2.45) is 23.7 Å². The van der Waals surface area contributed by atoms with Gasteiger partial charge in [0.05, 0.1) is 18.5 Å². The molecular weight excluding hydrogens is 254 g/mol. The smallest absolute Gasteiger partial charge is 0.235 e. The molecule has 0 aromatic carbocycles. The standard InChI is InChI=1S/C15H15N3O2/c19-14-12-9-4-5-10(7-9)13(12)15(20)18(14)8-17-11-3-1-2-6-16-11/h1-6,9-10,12-13H,7-8H2,(H,16,17)/t9-,10-,12-,13-/m0/s1. The molecule has 1 aliphatic heterocycles. The van der Waals surface area contributed by atoms with Crippen molar-refractivity contribution < 1.29 is 9.59 Å². The maximum absolute atomic E-state index is 12.4. The Balaban J connectivity index is 1.51. The second kappa shape index (κ2) is 4.16. The Morgan fingerprint density at radius 1 is 1.15 bits per heavy atom. The van der Waals surface area contributed by atoms with Crippen LogP contribution in [0, 0.1) is 23.7 Å². The van der Waals surface area contributed by atoms with Gasteiger partial charge < -0.3 is 5.32 Å². The van der Waals surface area contributed by atoms with Crippen LogP contribution in [0.1, 0.15) is 6.42 Å². The fourth-order valence-corrected chi connectivity index (χ4v) is 3.75. The molecule has 2 amide bonds. The molecule has 1 saturated heterocycles. The third-order valence-corrected chi connectivity index (χ3v) is 4.64. The number of hydrogen-bond acceptors (Lipinski definition) is 4. The van der Waals surface area contributed by atoms with Crippen molar-refractivity contribution in [2.75, 3.05) is 12.0 Å². The van der Waals surface area contributed by atoms with Crippen LogP contribution in [0.4, 0.5) is 5.82 Å². The van der Waals surface area contributed by atoms with Crippen LogP contribution in [0.3, 0.4) is 0 Å². The highest BCUT2D eigenvalue weighted by Crippen LogP contribution is 2.52. The Hall–Kier alpha value is -2.17. The summed E-state index contributed by atoms with van der Waals surface area (Å²) >= 11 is 0. The van der Waals surface area contributed by atoms with E-state index in [0.29, 0.717) is 5.82 Å². The lowest BCUT2D eigenvalue weighted by molar-refractivity contribution is -0.140.